The Morgan fingerprint density at radius 2 is 1.80 bits per heavy atom. The lowest BCUT2D eigenvalue weighted by Gasteiger charge is -2.06. The number of hydrogen-bond donors (Lipinski definition) is 2. The summed E-state index contributed by atoms with van der Waals surface area (Å²) in [4.78, 5) is 0. The van der Waals surface area contributed by atoms with Crippen LogP contribution in [-0.2, 0) is 10.0 Å². The first-order chi connectivity index (χ1) is 6.64. The fourth-order valence-electron chi connectivity index (χ4n) is 1.01. The molecule has 0 aliphatic heterocycles. The van der Waals surface area contributed by atoms with Crippen molar-refractivity contribution in [3.63, 3.8) is 0 Å². The third-order valence-electron chi connectivity index (χ3n) is 1.66. The number of hydrogen-bond acceptors (Lipinski definition) is 3. The number of halogens is 1. The Kier molecular flexibility index (Phi) is 6.31. The van der Waals surface area contributed by atoms with Crippen LogP contribution in [0.1, 0.15) is 6.42 Å². The maximum atomic E-state index is 11.4. The quantitative estimate of drug-likeness (QED) is 0.825. The van der Waals surface area contributed by atoms with Gasteiger partial charge in [-0.25, -0.2) is 8.42 Å². The van der Waals surface area contributed by atoms with Gasteiger partial charge < -0.3 is 5.73 Å². The molecule has 0 saturated carbocycles. The molecule has 0 heterocycles. The summed E-state index contributed by atoms with van der Waals surface area (Å²) in [6.07, 6.45) is 0.474. The fourth-order valence-corrected chi connectivity index (χ4v) is 2.15. The maximum absolute atomic E-state index is 11.4. The van der Waals surface area contributed by atoms with Gasteiger partial charge in [-0.3, -0.25) is 4.72 Å². The van der Waals surface area contributed by atoms with Crippen LogP contribution in [0.5, 0.6) is 0 Å². The van der Waals surface area contributed by atoms with Crippen molar-refractivity contribution >= 4 is 28.1 Å². The Morgan fingerprint density at radius 3 is 2.33 bits per heavy atom. The van der Waals surface area contributed by atoms with Gasteiger partial charge in [-0.1, -0.05) is 18.2 Å². The number of benzene rings is 1. The van der Waals surface area contributed by atoms with Gasteiger partial charge in [-0.2, -0.15) is 0 Å². The summed E-state index contributed by atoms with van der Waals surface area (Å²) in [5.74, 6) is 0.0679. The van der Waals surface area contributed by atoms with Crippen molar-refractivity contribution < 1.29 is 8.42 Å². The molecule has 0 unspecified atom stereocenters. The van der Waals surface area contributed by atoms with Gasteiger partial charge in [-0.15, -0.1) is 12.4 Å². The zero-order valence-corrected chi connectivity index (χ0v) is 9.85. The molecule has 3 N–H and O–H groups in total. The molecule has 0 radical (unpaired) electrons. The van der Waals surface area contributed by atoms with Crippen LogP contribution >= 0.6 is 12.4 Å². The summed E-state index contributed by atoms with van der Waals surface area (Å²) in [5, 5.41) is 0. The van der Waals surface area contributed by atoms with E-state index in [0.717, 1.165) is 0 Å². The number of anilines is 1. The molecular formula is C9H15ClN2O2S. The van der Waals surface area contributed by atoms with E-state index in [4.69, 9.17) is 5.73 Å². The summed E-state index contributed by atoms with van der Waals surface area (Å²) in [5.41, 5.74) is 5.82. The molecule has 0 bridgehead atoms. The number of para-hydroxylation sites is 1. The highest BCUT2D eigenvalue weighted by atomic mass is 35.5. The molecule has 86 valence electrons. The van der Waals surface area contributed by atoms with E-state index in [0.29, 0.717) is 18.7 Å². The fraction of sp³-hybridized carbons (Fsp3) is 0.333. The first-order valence-electron chi connectivity index (χ1n) is 4.40. The van der Waals surface area contributed by atoms with Crippen LogP contribution in [0, 0.1) is 0 Å². The zero-order valence-electron chi connectivity index (χ0n) is 8.22. The highest BCUT2D eigenvalue weighted by molar-refractivity contribution is 7.92. The first-order valence-corrected chi connectivity index (χ1v) is 6.05. The minimum Gasteiger partial charge on any atom is -0.330 e. The second-order valence-corrected chi connectivity index (χ2v) is 4.77. The first kappa shape index (κ1) is 14.2. The van der Waals surface area contributed by atoms with E-state index < -0.39 is 10.0 Å². The highest BCUT2D eigenvalue weighted by Gasteiger charge is 2.08. The largest absolute Gasteiger partial charge is 0.330 e. The second-order valence-electron chi connectivity index (χ2n) is 2.93. The van der Waals surface area contributed by atoms with E-state index >= 15 is 0 Å². The lowest BCUT2D eigenvalue weighted by Crippen LogP contribution is -2.18. The van der Waals surface area contributed by atoms with E-state index in [1.165, 1.54) is 0 Å². The summed E-state index contributed by atoms with van der Waals surface area (Å²) in [7, 11) is -3.23. The van der Waals surface area contributed by atoms with Crippen LogP contribution in [0.25, 0.3) is 0 Å². The third kappa shape index (κ3) is 5.61. The molecule has 1 rings (SSSR count). The second kappa shape index (κ2) is 6.66. The molecular weight excluding hydrogens is 236 g/mol. The van der Waals surface area contributed by atoms with E-state index in [2.05, 4.69) is 4.72 Å². The zero-order chi connectivity index (χ0) is 10.4. The standard InChI is InChI=1S/C9H14N2O2S.ClH/c10-7-4-8-14(12,13)11-9-5-2-1-3-6-9;/h1-3,5-6,11H,4,7-8,10H2;1H. The third-order valence-corrected chi connectivity index (χ3v) is 3.04. The highest BCUT2D eigenvalue weighted by Crippen LogP contribution is 2.08. The van der Waals surface area contributed by atoms with Crippen LogP contribution < -0.4 is 10.5 Å². The molecule has 0 spiro atoms. The van der Waals surface area contributed by atoms with Gasteiger partial charge >= 0.3 is 0 Å². The minimum absolute atomic E-state index is 0. The molecule has 6 heteroatoms. The topological polar surface area (TPSA) is 72.2 Å². The van der Waals surface area contributed by atoms with Crippen molar-refractivity contribution in [2.45, 2.75) is 6.42 Å². The Morgan fingerprint density at radius 1 is 1.20 bits per heavy atom. The Labute approximate surface area is 96.3 Å². The van der Waals surface area contributed by atoms with E-state index in [1.54, 1.807) is 24.3 Å². The monoisotopic (exact) mass is 250 g/mol. The normalized spacial score (nSPS) is 10.5. The minimum atomic E-state index is -3.23. The van der Waals surface area contributed by atoms with Crippen molar-refractivity contribution in [3.05, 3.63) is 30.3 Å². The molecule has 15 heavy (non-hydrogen) atoms. The number of nitrogens with two attached hydrogens (primary N) is 1. The van der Waals surface area contributed by atoms with Gasteiger partial charge in [-0.05, 0) is 25.1 Å². The average molecular weight is 251 g/mol. The van der Waals surface area contributed by atoms with Crippen LogP contribution in [0.15, 0.2) is 30.3 Å². The number of nitrogens with one attached hydrogen (secondary N) is 1. The van der Waals surface area contributed by atoms with Crippen LogP contribution in [0.4, 0.5) is 5.69 Å². The lowest BCUT2D eigenvalue weighted by molar-refractivity contribution is 0.599. The van der Waals surface area contributed by atoms with Crippen LogP contribution in [-0.4, -0.2) is 20.7 Å². The van der Waals surface area contributed by atoms with Gasteiger partial charge in [0.05, 0.1) is 5.75 Å². The molecule has 0 aromatic heterocycles. The SMILES string of the molecule is Cl.NCCCS(=O)(=O)Nc1ccccc1. The molecule has 0 saturated heterocycles. The number of sulfonamides is 1. The predicted molar refractivity (Wildman–Crippen MR) is 64.8 cm³/mol. The van der Waals surface area contributed by atoms with E-state index in [1.807, 2.05) is 6.07 Å². The summed E-state index contributed by atoms with van der Waals surface area (Å²) in [6, 6.07) is 8.80. The van der Waals surface area contributed by atoms with Crippen molar-refractivity contribution in [3.8, 4) is 0 Å². The van der Waals surface area contributed by atoms with Gasteiger partial charge in [0.25, 0.3) is 0 Å². The molecule has 0 aliphatic rings. The Hall–Kier alpha value is -0.780. The van der Waals surface area contributed by atoms with E-state index in [-0.39, 0.29) is 18.2 Å². The molecule has 0 aliphatic carbocycles. The Balaban J connectivity index is 0.00000196. The molecule has 0 amide bonds. The maximum Gasteiger partial charge on any atom is 0.232 e. The number of rotatable bonds is 5. The molecule has 0 atom stereocenters. The average Bonchev–Trinajstić information content (AvgIpc) is 2.16. The smallest absolute Gasteiger partial charge is 0.232 e. The van der Waals surface area contributed by atoms with Crippen molar-refractivity contribution in [2.75, 3.05) is 17.0 Å². The molecule has 1 aromatic carbocycles. The van der Waals surface area contributed by atoms with Crippen molar-refractivity contribution in [2.24, 2.45) is 5.73 Å². The lowest BCUT2D eigenvalue weighted by atomic mass is 10.3. The molecule has 4 nitrogen and oxygen atoms in total. The molecule has 1 aromatic rings. The summed E-state index contributed by atoms with van der Waals surface area (Å²) >= 11 is 0. The van der Waals surface area contributed by atoms with Crippen molar-refractivity contribution in [1.82, 2.24) is 0 Å². The van der Waals surface area contributed by atoms with Crippen LogP contribution in [0.2, 0.25) is 0 Å². The summed E-state index contributed by atoms with van der Waals surface area (Å²) in [6.45, 7) is 0.385. The van der Waals surface area contributed by atoms with Gasteiger partial charge in [0.2, 0.25) is 10.0 Å². The Bertz CT molecular complexity index is 367. The predicted octanol–water partition coefficient (Wildman–Crippen LogP) is 1.20. The van der Waals surface area contributed by atoms with Crippen LogP contribution in [0.3, 0.4) is 0 Å². The van der Waals surface area contributed by atoms with Gasteiger partial charge in [0, 0.05) is 5.69 Å². The van der Waals surface area contributed by atoms with E-state index in [9.17, 15) is 8.42 Å². The molecule has 0 fully saturated rings. The van der Waals surface area contributed by atoms with Gasteiger partial charge in [0.15, 0.2) is 0 Å². The summed E-state index contributed by atoms with van der Waals surface area (Å²) < 4.78 is 25.3. The van der Waals surface area contributed by atoms with Gasteiger partial charge in [0.1, 0.15) is 0 Å². The van der Waals surface area contributed by atoms with Crippen molar-refractivity contribution in [1.29, 1.82) is 0 Å².